The molecule has 3 rings (SSSR count). The second-order valence-corrected chi connectivity index (χ2v) is 6.50. The van der Waals surface area contributed by atoms with E-state index in [1.165, 1.54) is 5.56 Å². The normalized spacial score (nSPS) is 23.6. The fourth-order valence-corrected chi connectivity index (χ4v) is 3.32. The minimum absolute atomic E-state index is 0.0296. The molecule has 2 heterocycles. The lowest BCUT2D eigenvalue weighted by Crippen LogP contribution is -2.46. The Morgan fingerprint density at radius 2 is 2.04 bits per heavy atom. The highest BCUT2D eigenvalue weighted by molar-refractivity contribution is 5.76. The summed E-state index contributed by atoms with van der Waals surface area (Å²) >= 11 is 0. The number of morpholine rings is 1. The van der Waals surface area contributed by atoms with Crippen LogP contribution in [0.2, 0.25) is 0 Å². The monoisotopic (exact) mass is 317 g/mol. The summed E-state index contributed by atoms with van der Waals surface area (Å²) in [5, 5.41) is 6.44. The molecule has 23 heavy (non-hydrogen) atoms. The van der Waals surface area contributed by atoms with Gasteiger partial charge in [0.1, 0.15) is 0 Å². The Kier molecular flexibility index (Phi) is 6.02. The van der Waals surface area contributed by atoms with Crippen molar-refractivity contribution in [1.82, 2.24) is 15.5 Å². The van der Waals surface area contributed by atoms with Gasteiger partial charge in [0.15, 0.2) is 0 Å². The van der Waals surface area contributed by atoms with Crippen LogP contribution in [0.1, 0.15) is 24.8 Å². The Bertz CT molecular complexity index is 480. The fourth-order valence-electron chi connectivity index (χ4n) is 3.32. The van der Waals surface area contributed by atoms with Gasteiger partial charge >= 0.3 is 0 Å². The molecule has 1 aromatic rings. The van der Waals surface area contributed by atoms with Crippen LogP contribution in [0, 0.1) is 0 Å². The number of benzene rings is 1. The fraction of sp³-hybridized carbons (Fsp3) is 0.611. The summed E-state index contributed by atoms with van der Waals surface area (Å²) in [5.74, 6) is 0.125. The second kappa shape index (κ2) is 8.43. The summed E-state index contributed by atoms with van der Waals surface area (Å²) < 4.78 is 5.59. The number of nitrogens with zero attached hydrogens (tertiary/aromatic N) is 1. The summed E-state index contributed by atoms with van der Waals surface area (Å²) in [4.78, 5) is 14.6. The molecule has 0 aromatic heterocycles. The number of likely N-dealkylation sites (tertiary alicyclic amines) is 1. The highest BCUT2D eigenvalue weighted by Gasteiger charge is 2.23. The van der Waals surface area contributed by atoms with E-state index in [9.17, 15) is 4.79 Å². The molecule has 1 aromatic carbocycles. The highest BCUT2D eigenvalue weighted by Crippen LogP contribution is 2.14. The molecule has 1 atom stereocenters. The van der Waals surface area contributed by atoms with Crippen molar-refractivity contribution in [2.24, 2.45) is 0 Å². The highest BCUT2D eigenvalue weighted by atomic mass is 16.5. The zero-order chi connectivity index (χ0) is 15.9. The number of hydrogen-bond donors (Lipinski definition) is 2. The number of piperidine rings is 1. The average molecular weight is 317 g/mol. The van der Waals surface area contributed by atoms with E-state index in [1.54, 1.807) is 0 Å². The van der Waals surface area contributed by atoms with Crippen LogP contribution >= 0.6 is 0 Å². The first kappa shape index (κ1) is 16.4. The van der Waals surface area contributed by atoms with Crippen molar-refractivity contribution in [3.05, 3.63) is 35.9 Å². The van der Waals surface area contributed by atoms with Crippen LogP contribution in [0.3, 0.4) is 0 Å². The molecule has 5 heteroatoms. The Morgan fingerprint density at radius 3 is 2.74 bits per heavy atom. The minimum atomic E-state index is 0.0296. The van der Waals surface area contributed by atoms with Gasteiger partial charge in [-0.25, -0.2) is 0 Å². The molecule has 1 unspecified atom stereocenters. The topological polar surface area (TPSA) is 53.6 Å². The summed E-state index contributed by atoms with van der Waals surface area (Å²) in [6, 6.07) is 10.9. The summed E-state index contributed by atoms with van der Waals surface area (Å²) in [6.45, 7) is 5.46. The molecule has 2 N–H and O–H groups in total. The Balaban J connectivity index is 1.36. The molecule has 2 aliphatic heterocycles. The van der Waals surface area contributed by atoms with Gasteiger partial charge < -0.3 is 15.4 Å². The van der Waals surface area contributed by atoms with E-state index in [0.717, 1.165) is 45.6 Å². The lowest BCUT2D eigenvalue weighted by molar-refractivity contribution is -0.125. The van der Waals surface area contributed by atoms with Gasteiger partial charge in [0, 0.05) is 38.8 Å². The predicted octanol–water partition coefficient (Wildman–Crippen LogP) is 1.15. The number of carbonyl (C=O) groups excluding carboxylic acids is 1. The van der Waals surface area contributed by atoms with E-state index in [-0.39, 0.29) is 12.0 Å². The maximum Gasteiger partial charge on any atom is 0.222 e. The number of rotatable bonds is 5. The minimum Gasteiger partial charge on any atom is -0.375 e. The molecule has 0 radical (unpaired) electrons. The predicted molar refractivity (Wildman–Crippen MR) is 90.1 cm³/mol. The number of carbonyl (C=O) groups is 1. The largest absolute Gasteiger partial charge is 0.375 e. The Hall–Kier alpha value is -1.43. The van der Waals surface area contributed by atoms with Gasteiger partial charge in [0.2, 0.25) is 5.91 Å². The quantitative estimate of drug-likeness (QED) is 0.855. The zero-order valence-corrected chi connectivity index (χ0v) is 13.7. The van der Waals surface area contributed by atoms with Gasteiger partial charge in [0.05, 0.1) is 19.1 Å². The number of ether oxygens (including phenoxy) is 1. The van der Waals surface area contributed by atoms with Gasteiger partial charge in [-0.05, 0) is 18.4 Å². The molecule has 5 nitrogen and oxygen atoms in total. The van der Waals surface area contributed by atoms with Crippen molar-refractivity contribution in [1.29, 1.82) is 0 Å². The summed E-state index contributed by atoms with van der Waals surface area (Å²) in [6.07, 6.45) is 2.56. The lowest BCUT2D eigenvalue weighted by atomic mass is 10.0. The zero-order valence-electron chi connectivity index (χ0n) is 13.7. The molecule has 126 valence electrons. The lowest BCUT2D eigenvalue weighted by Gasteiger charge is -2.32. The van der Waals surface area contributed by atoms with Gasteiger partial charge in [-0.1, -0.05) is 30.3 Å². The number of hydrogen-bond acceptors (Lipinski definition) is 4. The number of nitrogens with one attached hydrogen (secondary N) is 2. The molecule has 2 fully saturated rings. The smallest absolute Gasteiger partial charge is 0.222 e. The first-order valence-corrected chi connectivity index (χ1v) is 8.67. The van der Waals surface area contributed by atoms with E-state index in [1.807, 2.05) is 0 Å². The van der Waals surface area contributed by atoms with Crippen LogP contribution < -0.4 is 10.6 Å². The van der Waals surface area contributed by atoms with Crippen LogP contribution in [-0.2, 0) is 16.1 Å². The number of amides is 1. The van der Waals surface area contributed by atoms with Crippen LogP contribution in [0.5, 0.6) is 0 Å². The van der Waals surface area contributed by atoms with Crippen molar-refractivity contribution in [2.45, 2.75) is 38.0 Å². The molecule has 0 bridgehead atoms. The van der Waals surface area contributed by atoms with Gasteiger partial charge in [-0.3, -0.25) is 9.69 Å². The van der Waals surface area contributed by atoms with E-state index in [2.05, 4.69) is 45.9 Å². The molecular formula is C18H27N3O2. The second-order valence-electron chi connectivity index (χ2n) is 6.50. The molecule has 2 saturated heterocycles. The molecule has 0 aliphatic carbocycles. The maximum absolute atomic E-state index is 12.1. The third-order valence-corrected chi connectivity index (χ3v) is 4.62. The Morgan fingerprint density at radius 1 is 1.26 bits per heavy atom. The van der Waals surface area contributed by atoms with Crippen LogP contribution in [0.25, 0.3) is 0 Å². The van der Waals surface area contributed by atoms with Crippen LogP contribution in [0.15, 0.2) is 30.3 Å². The molecule has 2 aliphatic rings. The summed E-state index contributed by atoms with van der Waals surface area (Å²) in [7, 11) is 0. The van der Waals surface area contributed by atoms with Gasteiger partial charge in [0.25, 0.3) is 0 Å². The van der Waals surface area contributed by atoms with E-state index in [0.29, 0.717) is 19.1 Å². The van der Waals surface area contributed by atoms with Gasteiger partial charge in [-0.15, -0.1) is 0 Å². The third kappa shape index (κ3) is 5.30. The first-order valence-electron chi connectivity index (χ1n) is 8.67. The van der Waals surface area contributed by atoms with E-state index in [4.69, 9.17) is 4.74 Å². The standard InChI is InChI=1S/C18H27N3O2/c22-18(12-17-13-19-8-11-23-17)20-16-6-9-21(10-7-16)14-15-4-2-1-3-5-15/h1-5,16-17,19H,6-14H2,(H,20,22). The van der Waals surface area contributed by atoms with Crippen LogP contribution in [-0.4, -0.2) is 55.7 Å². The average Bonchev–Trinajstić information content (AvgIpc) is 2.58. The Labute approximate surface area is 138 Å². The third-order valence-electron chi connectivity index (χ3n) is 4.62. The SMILES string of the molecule is O=C(CC1CNCCO1)NC1CCN(Cc2ccccc2)CC1. The van der Waals surface area contributed by atoms with Crippen molar-refractivity contribution >= 4 is 5.91 Å². The molecule has 0 saturated carbocycles. The van der Waals surface area contributed by atoms with Crippen molar-refractivity contribution in [3.8, 4) is 0 Å². The van der Waals surface area contributed by atoms with E-state index < -0.39 is 0 Å². The van der Waals surface area contributed by atoms with Crippen molar-refractivity contribution in [2.75, 3.05) is 32.8 Å². The van der Waals surface area contributed by atoms with Crippen molar-refractivity contribution < 1.29 is 9.53 Å². The maximum atomic E-state index is 12.1. The molecular weight excluding hydrogens is 290 g/mol. The van der Waals surface area contributed by atoms with Gasteiger partial charge in [-0.2, -0.15) is 0 Å². The van der Waals surface area contributed by atoms with Crippen molar-refractivity contribution in [3.63, 3.8) is 0 Å². The first-order chi connectivity index (χ1) is 11.3. The molecule has 0 spiro atoms. The molecule has 1 amide bonds. The summed E-state index contributed by atoms with van der Waals surface area (Å²) in [5.41, 5.74) is 1.36. The van der Waals surface area contributed by atoms with E-state index >= 15 is 0 Å². The van der Waals surface area contributed by atoms with Crippen LogP contribution in [0.4, 0.5) is 0 Å².